The second-order valence-corrected chi connectivity index (χ2v) is 7.09. The molecule has 31 heavy (non-hydrogen) atoms. The zero-order chi connectivity index (χ0) is 22.5. The van der Waals surface area contributed by atoms with Crippen molar-refractivity contribution < 1.29 is 19.2 Å². The quantitative estimate of drug-likeness (QED) is 0.249. The Bertz CT molecular complexity index is 1150. The highest BCUT2D eigenvalue weighted by atomic mass is 35.5. The summed E-state index contributed by atoms with van der Waals surface area (Å²) in [6.45, 7) is 1.83. The van der Waals surface area contributed by atoms with Gasteiger partial charge in [-0.05, 0) is 36.8 Å². The number of nitrogens with zero attached hydrogens (tertiary/aromatic N) is 1. The lowest BCUT2D eigenvalue weighted by molar-refractivity contribution is -0.383. The van der Waals surface area contributed by atoms with Crippen molar-refractivity contribution in [3.63, 3.8) is 0 Å². The molecule has 1 atom stereocenters. The van der Waals surface area contributed by atoms with Crippen molar-refractivity contribution in [3.05, 3.63) is 98.6 Å². The van der Waals surface area contributed by atoms with Gasteiger partial charge in [0.15, 0.2) is 0 Å². The largest absolute Gasteiger partial charge is 0.444 e. The summed E-state index contributed by atoms with van der Waals surface area (Å²) in [5.41, 5.74) is 6.65. The van der Waals surface area contributed by atoms with E-state index < -0.39 is 28.6 Å². The first-order valence-corrected chi connectivity index (χ1v) is 9.51. The lowest BCUT2D eigenvalue weighted by Gasteiger charge is -2.18. The zero-order valence-corrected chi connectivity index (χ0v) is 17.1. The number of nitrogens with one attached hydrogen (secondary N) is 1. The van der Waals surface area contributed by atoms with E-state index in [2.05, 4.69) is 5.32 Å². The highest BCUT2D eigenvalue weighted by Gasteiger charge is 2.27. The lowest BCUT2D eigenvalue weighted by atomic mass is 10.1. The number of hydrogen-bond donors (Lipinski definition) is 2. The molecule has 0 aliphatic carbocycles. The molecule has 0 saturated carbocycles. The Morgan fingerprint density at radius 1 is 1.10 bits per heavy atom. The van der Waals surface area contributed by atoms with Crippen molar-refractivity contribution in [1.29, 1.82) is 0 Å². The van der Waals surface area contributed by atoms with Crippen molar-refractivity contribution >= 4 is 40.5 Å². The Morgan fingerprint density at radius 2 is 1.81 bits per heavy atom. The summed E-state index contributed by atoms with van der Waals surface area (Å²) in [5.74, 6) is -1.52. The van der Waals surface area contributed by atoms with Crippen LogP contribution in [0.5, 0.6) is 0 Å². The van der Waals surface area contributed by atoms with Crippen molar-refractivity contribution in [2.75, 3.05) is 11.1 Å². The van der Waals surface area contributed by atoms with Crippen LogP contribution in [-0.2, 0) is 9.53 Å². The third-order valence-corrected chi connectivity index (χ3v) is 4.87. The number of benzene rings is 3. The molecule has 0 aliphatic rings. The van der Waals surface area contributed by atoms with Crippen LogP contribution >= 0.6 is 11.6 Å². The maximum absolute atomic E-state index is 12.9. The number of nitrogens with two attached hydrogens (primary N) is 1. The molecule has 9 heteroatoms. The Balaban J connectivity index is 1.88. The normalized spacial score (nSPS) is 11.4. The fraction of sp³-hybridized carbons (Fsp3) is 0.0909. The predicted octanol–water partition coefficient (Wildman–Crippen LogP) is 4.68. The van der Waals surface area contributed by atoms with Crippen molar-refractivity contribution in [2.45, 2.75) is 13.0 Å². The number of esters is 1. The van der Waals surface area contributed by atoms with Crippen LogP contribution in [0.4, 0.5) is 17.1 Å². The summed E-state index contributed by atoms with van der Waals surface area (Å²) in [6, 6.07) is 17.0. The number of carbonyl (C=O) groups excluding carboxylic acids is 2. The molecule has 1 unspecified atom stereocenters. The van der Waals surface area contributed by atoms with E-state index >= 15 is 0 Å². The molecule has 0 spiro atoms. The Kier molecular flexibility index (Phi) is 6.52. The first-order valence-electron chi connectivity index (χ1n) is 9.13. The van der Waals surface area contributed by atoms with Crippen LogP contribution in [0.25, 0.3) is 0 Å². The molecular weight excluding hydrogens is 422 g/mol. The first kappa shape index (κ1) is 21.8. The molecule has 1 amide bonds. The number of ether oxygens (including phenoxy) is 1. The van der Waals surface area contributed by atoms with E-state index in [0.29, 0.717) is 16.3 Å². The van der Waals surface area contributed by atoms with Crippen molar-refractivity contribution in [1.82, 2.24) is 0 Å². The van der Waals surface area contributed by atoms with Crippen LogP contribution in [-0.4, -0.2) is 16.8 Å². The first-order chi connectivity index (χ1) is 14.8. The van der Waals surface area contributed by atoms with Gasteiger partial charge in [-0.1, -0.05) is 48.0 Å². The summed E-state index contributed by atoms with van der Waals surface area (Å²) in [6.07, 6.45) is -1.30. The zero-order valence-electron chi connectivity index (χ0n) is 16.4. The van der Waals surface area contributed by atoms with Gasteiger partial charge >= 0.3 is 5.97 Å². The maximum atomic E-state index is 12.9. The molecule has 0 bridgehead atoms. The third kappa shape index (κ3) is 5.18. The van der Waals surface area contributed by atoms with E-state index in [-0.39, 0.29) is 11.3 Å². The van der Waals surface area contributed by atoms with Crippen molar-refractivity contribution in [2.24, 2.45) is 0 Å². The van der Waals surface area contributed by atoms with Gasteiger partial charge in [-0.2, -0.15) is 0 Å². The van der Waals surface area contributed by atoms with Gasteiger partial charge in [0.2, 0.25) is 6.10 Å². The summed E-state index contributed by atoms with van der Waals surface area (Å²) in [7, 11) is 0. The molecular formula is C22H18ClN3O5. The van der Waals surface area contributed by atoms with Crippen LogP contribution in [0.1, 0.15) is 27.6 Å². The number of carbonyl (C=O) groups is 2. The van der Waals surface area contributed by atoms with Gasteiger partial charge < -0.3 is 15.8 Å². The van der Waals surface area contributed by atoms with Gasteiger partial charge in [0.05, 0.1) is 10.5 Å². The Morgan fingerprint density at radius 3 is 2.45 bits per heavy atom. The summed E-state index contributed by atoms with van der Waals surface area (Å²) in [4.78, 5) is 36.0. The van der Waals surface area contributed by atoms with E-state index in [0.717, 1.165) is 11.6 Å². The third-order valence-electron chi connectivity index (χ3n) is 4.47. The standard InChI is InChI=1S/C22H18ClN3O5/c1-13-7-9-16(12-17(13)23)25-21(27)20(14-5-3-2-4-6-14)31-22(28)15-8-10-18(24)19(11-15)26(29)30/h2-12,20H,24H2,1H3,(H,25,27). The molecule has 3 aromatic rings. The molecule has 0 aromatic heterocycles. The monoisotopic (exact) mass is 439 g/mol. The number of halogens is 1. The van der Waals surface area contributed by atoms with Gasteiger partial charge in [-0.3, -0.25) is 14.9 Å². The fourth-order valence-corrected chi connectivity index (χ4v) is 2.96. The smallest absolute Gasteiger partial charge is 0.339 e. The predicted molar refractivity (Wildman–Crippen MR) is 117 cm³/mol. The number of rotatable bonds is 6. The molecule has 3 aromatic carbocycles. The fourth-order valence-electron chi connectivity index (χ4n) is 2.78. The molecule has 0 heterocycles. The average Bonchev–Trinajstić information content (AvgIpc) is 2.75. The SMILES string of the molecule is Cc1ccc(NC(=O)C(OC(=O)c2ccc(N)c([N+](=O)[O-])c2)c2ccccc2)cc1Cl. The topological polar surface area (TPSA) is 125 Å². The summed E-state index contributed by atoms with van der Waals surface area (Å²) >= 11 is 6.11. The lowest BCUT2D eigenvalue weighted by Crippen LogP contribution is -2.26. The number of nitro benzene ring substituents is 1. The van der Waals surface area contributed by atoms with Crippen LogP contribution in [0, 0.1) is 17.0 Å². The highest BCUT2D eigenvalue weighted by Crippen LogP contribution is 2.27. The minimum Gasteiger partial charge on any atom is -0.444 e. The minimum atomic E-state index is -1.30. The van der Waals surface area contributed by atoms with E-state index in [1.807, 2.05) is 6.92 Å². The minimum absolute atomic E-state index is 0.0878. The average molecular weight is 440 g/mol. The second kappa shape index (κ2) is 9.27. The van der Waals surface area contributed by atoms with Gasteiger partial charge in [0.25, 0.3) is 11.6 Å². The molecule has 0 aliphatic heterocycles. The van der Waals surface area contributed by atoms with Crippen LogP contribution < -0.4 is 11.1 Å². The van der Waals surface area contributed by atoms with Gasteiger partial charge in [0.1, 0.15) is 5.69 Å². The van der Waals surface area contributed by atoms with E-state index in [9.17, 15) is 19.7 Å². The number of anilines is 2. The molecule has 0 fully saturated rings. The molecule has 3 N–H and O–H groups in total. The highest BCUT2D eigenvalue weighted by molar-refractivity contribution is 6.31. The Labute approximate surface area is 182 Å². The van der Waals surface area contributed by atoms with Gasteiger partial charge in [-0.25, -0.2) is 4.79 Å². The van der Waals surface area contributed by atoms with Crippen LogP contribution in [0.15, 0.2) is 66.7 Å². The maximum Gasteiger partial charge on any atom is 0.339 e. The van der Waals surface area contributed by atoms with E-state index in [1.54, 1.807) is 48.5 Å². The van der Waals surface area contributed by atoms with Gasteiger partial charge in [-0.15, -0.1) is 0 Å². The van der Waals surface area contributed by atoms with E-state index in [4.69, 9.17) is 22.1 Å². The number of nitrogen functional groups attached to an aromatic ring is 1. The number of hydrogen-bond acceptors (Lipinski definition) is 6. The summed E-state index contributed by atoms with van der Waals surface area (Å²) < 4.78 is 5.44. The number of aryl methyl sites for hydroxylation is 1. The molecule has 3 rings (SSSR count). The number of nitro groups is 1. The summed E-state index contributed by atoms with van der Waals surface area (Å²) in [5, 5.41) is 14.2. The van der Waals surface area contributed by atoms with E-state index in [1.165, 1.54) is 12.1 Å². The number of amides is 1. The molecule has 0 radical (unpaired) electrons. The molecule has 0 saturated heterocycles. The molecule has 8 nitrogen and oxygen atoms in total. The van der Waals surface area contributed by atoms with Crippen molar-refractivity contribution in [3.8, 4) is 0 Å². The van der Waals surface area contributed by atoms with Crippen LogP contribution in [0.3, 0.4) is 0 Å². The van der Waals surface area contributed by atoms with Crippen LogP contribution in [0.2, 0.25) is 5.02 Å². The molecule has 158 valence electrons. The Hall–Kier alpha value is -3.91. The second-order valence-electron chi connectivity index (χ2n) is 6.68. The van der Waals surface area contributed by atoms with Gasteiger partial charge in [0, 0.05) is 22.3 Å².